The lowest BCUT2D eigenvalue weighted by Crippen LogP contribution is -2.50. The summed E-state index contributed by atoms with van der Waals surface area (Å²) in [6.07, 6.45) is 2.66. The molecule has 0 radical (unpaired) electrons. The zero-order valence-corrected chi connectivity index (χ0v) is 14.6. The number of carbonyl (C=O) groups is 2. The minimum Gasteiger partial charge on any atom is -0.375 e. The topological polar surface area (TPSA) is 49.9 Å². The number of likely N-dealkylation sites (tertiary alicyclic amines) is 2. The quantitative estimate of drug-likeness (QED) is 0.848. The van der Waals surface area contributed by atoms with Crippen LogP contribution in [0.15, 0.2) is 24.3 Å². The summed E-state index contributed by atoms with van der Waals surface area (Å²) in [6.45, 7) is 4.83. The zero-order valence-electron chi connectivity index (χ0n) is 14.6. The third-order valence-electron chi connectivity index (χ3n) is 5.25. The molecule has 5 heteroatoms. The summed E-state index contributed by atoms with van der Waals surface area (Å²) < 4.78 is 4.94. The van der Waals surface area contributed by atoms with Crippen molar-refractivity contribution >= 4 is 11.8 Å². The van der Waals surface area contributed by atoms with Crippen molar-refractivity contribution in [3.8, 4) is 0 Å². The minimum atomic E-state index is -0.383. The number of rotatable bonds is 4. The van der Waals surface area contributed by atoms with Gasteiger partial charge in [0, 0.05) is 33.3 Å². The zero-order chi connectivity index (χ0) is 17.2. The molecule has 130 valence electrons. The Morgan fingerprint density at radius 2 is 2.12 bits per heavy atom. The Hall–Kier alpha value is -1.88. The monoisotopic (exact) mass is 330 g/mol. The van der Waals surface area contributed by atoms with Crippen molar-refractivity contribution in [1.29, 1.82) is 0 Å². The van der Waals surface area contributed by atoms with E-state index in [9.17, 15) is 9.59 Å². The number of hydrogen-bond donors (Lipinski definition) is 0. The predicted octanol–water partition coefficient (Wildman–Crippen LogP) is 1.98. The number of aryl methyl sites for hydroxylation is 1. The molecule has 1 aromatic rings. The Balaban J connectivity index is 1.70. The molecule has 2 aliphatic heterocycles. The lowest BCUT2D eigenvalue weighted by atomic mass is 9.78. The molecule has 3 rings (SSSR count). The summed E-state index contributed by atoms with van der Waals surface area (Å²) >= 11 is 0. The largest absolute Gasteiger partial charge is 0.375 e. The van der Waals surface area contributed by atoms with Gasteiger partial charge in [-0.25, -0.2) is 0 Å². The molecule has 1 spiro atoms. The maximum atomic E-state index is 13.1. The van der Waals surface area contributed by atoms with Crippen LogP contribution >= 0.6 is 0 Å². The molecule has 2 heterocycles. The van der Waals surface area contributed by atoms with Crippen LogP contribution in [-0.4, -0.2) is 55.0 Å². The van der Waals surface area contributed by atoms with E-state index in [-0.39, 0.29) is 23.8 Å². The van der Waals surface area contributed by atoms with Crippen LogP contribution in [0.3, 0.4) is 0 Å². The van der Waals surface area contributed by atoms with Gasteiger partial charge in [0.05, 0.1) is 5.41 Å². The maximum Gasteiger partial charge on any atom is 0.248 e. The van der Waals surface area contributed by atoms with E-state index >= 15 is 0 Å². The molecule has 1 unspecified atom stereocenters. The Morgan fingerprint density at radius 3 is 2.88 bits per heavy atom. The van der Waals surface area contributed by atoms with Gasteiger partial charge in [0.1, 0.15) is 6.61 Å². The number of methoxy groups -OCH3 is 1. The summed E-state index contributed by atoms with van der Waals surface area (Å²) in [7, 11) is 1.53. The minimum absolute atomic E-state index is 0.0158. The molecule has 24 heavy (non-hydrogen) atoms. The molecule has 0 aliphatic carbocycles. The van der Waals surface area contributed by atoms with E-state index in [1.165, 1.54) is 18.2 Å². The number of hydrogen-bond acceptors (Lipinski definition) is 3. The molecule has 2 amide bonds. The van der Waals surface area contributed by atoms with E-state index in [1.54, 1.807) is 4.90 Å². The van der Waals surface area contributed by atoms with Crippen molar-refractivity contribution in [3.63, 3.8) is 0 Å². The lowest BCUT2D eigenvalue weighted by molar-refractivity contribution is -0.147. The molecule has 1 aromatic carbocycles. The van der Waals surface area contributed by atoms with E-state index in [0.29, 0.717) is 19.6 Å². The second-order valence-corrected chi connectivity index (χ2v) is 7.10. The molecular formula is C19H26N2O3. The van der Waals surface area contributed by atoms with Gasteiger partial charge in [-0.3, -0.25) is 9.59 Å². The summed E-state index contributed by atoms with van der Waals surface area (Å²) in [4.78, 5) is 28.9. The second-order valence-electron chi connectivity index (χ2n) is 7.10. The van der Waals surface area contributed by atoms with Gasteiger partial charge in [0.25, 0.3) is 0 Å². The first kappa shape index (κ1) is 17.0. The molecule has 0 saturated carbocycles. The van der Waals surface area contributed by atoms with Gasteiger partial charge in [-0.05, 0) is 31.7 Å². The summed E-state index contributed by atoms with van der Waals surface area (Å²) in [6, 6.07) is 8.32. The standard InChI is InChI=1S/C19H26N2O3/c1-15-5-3-6-16(11-15)12-20-9-4-7-19(18(20)23)8-10-21(14-19)17(22)13-24-2/h3,5-6,11H,4,7-10,12-14H2,1-2H3. The average Bonchev–Trinajstić information content (AvgIpc) is 2.98. The van der Waals surface area contributed by atoms with Crippen LogP contribution in [0.4, 0.5) is 0 Å². The number of carbonyl (C=O) groups excluding carboxylic acids is 2. The number of amides is 2. The number of piperidine rings is 1. The summed E-state index contributed by atoms with van der Waals surface area (Å²) in [5, 5.41) is 0. The first-order chi connectivity index (χ1) is 11.5. The van der Waals surface area contributed by atoms with Crippen LogP contribution in [-0.2, 0) is 20.9 Å². The third-order valence-corrected chi connectivity index (χ3v) is 5.25. The predicted molar refractivity (Wildman–Crippen MR) is 91.3 cm³/mol. The van der Waals surface area contributed by atoms with E-state index in [2.05, 4.69) is 25.1 Å². The van der Waals surface area contributed by atoms with Gasteiger partial charge >= 0.3 is 0 Å². The highest BCUT2D eigenvalue weighted by Crippen LogP contribution is 2.40. The fourth-order valence-corrected chi connectivity index (χ4v) is 4.01. The van der Waals surface area contributed by atoms with Gasteiger partial charge in [0.15, 0.2) is 0 Å². The van der Waals surface area contributed by atoms with Crippen LogP contribution in [0.2, 0.25) is 0 Å². The number of nitrogens with zero attached hydrogens (tertiary/aromatic N) is 2. The smallest absolute Gasteiger partial charge is 0.248 e. The highest BCUT2D eigenvalue weighted by Gasteiger charge is 2.49. The van der Waals surface area contributed by atoms with Crippen LogP contribution in [0, 0.1) is 12.3 Å². The molecule has 0 N–H and O–H groups in total. The van der Waals surface area contributed by atoms with Crippen LogP contribution in [0.5, 0.6) is 0 Å². The highest BCUT2D eigenvalue weighted by atomic mass is 16.5. The van der Waals surface area contributed by atoms with E-state index in [1.807, 2.05) is 11.0 Å². The summed E-state index contributed by atoms with van der Waals surface area (Å²) in [5.74, 6) is 0.195. The molecule has 5 nitrogen and oxygen atoms in total. The molecule has 2 aliphatic rings. The van der Waals surface area contributed by atoms with Crippen molar-refractivity contribution in [3.05, 3.63) is 35.4 Å². The number of ether oxygens (including phenoxy) is 1. The van der Waals surface area contributed by atoms with E-state index in [0.717, 1.165) is 25.8 Å². The molecule has 0 aromatic heterocycles. The molecule has 2 fully saturated rings. The fourth-order valence-electron chi connectivity index (χ4n) is 4.01. The van der Waals surface area contributed by atoms with Crippen molar-refractivity contribution in [2.75, 3.05) is 33.4 Å². The Morgan fingerprint density at radius 1 is 1.29 bits per heavy atom. The molecule has 0 bridgehead atoms. The van der Waals surface area contributed by atoms with Crippen molar-refractivity contribution in [2.24, 2.45) is 5.41 Å². The van der Waals surface area contributed by atoms with Gasteiger partial charge in [-0.1, -0.05) is 29.8 Å². The van der Waals surface area contributed by atoms with Gasteiger partial charge < -0.3 is 14.5 Å². The third kappa shape index (κ3) is 3.31. The normalized spacial score (nSPS) is 24.0. The van der Waals surface area contributed by atoms with Crippen molar-refractivity contribution < 1.29 is 14.3 Å². The second kappa shape index (κ2) is 6.93. The lowest BCUT2D eigenvalue weighted by Gasteiger charge is -2.39. The van der Waals surface area contributed by atoms with Crippen LogP contribution < -0.4 is 0 Å². The van der Waals surface area contributed by atoms with Crippen LogP contribution in [0.1, 0.15) is 30.4 Å². The fraction of sp³-hybridized carbons (Fsp3) is 0.579. The van der Waals surface area contributed by atoms with Crippen molar-refractivity contribution in [2.45, 2.75) is 32.7 Å². The SMILES string of the molecule is COCC(=O)N1CCC2(CCCN(Cc3cccc(C)c3)C2=O)C1. The number of benzene rings is 1. The van der Waals surface area contributed by atoms with Gasteiger partial charge in [0.2, 0.25) is 11.8 Å². The van der Waals surface area contributed by atoms with E-state index in [4.69, 9.17) is 4.74 Å². The first-order valence-corrected chi connectivity index (χ1v) is 8.66. The maximum absolute atomic E-state index is 13.1. The van der Waals surface area contributed by atoms with Gasteiger partial charge in [-0.2, -0.15) is 0 Å². The van der Waals surface area contributed by atoms with Crippen molar-refractivity contribution in [1.82, 2.24) is 9.80 Å². The molecule has 1 atom stereocenters. The molecular weight excluding hydrogens is 304 g/mol. The molecule has 2 saturated heterocycles. The average molecular weight is 330 g/mol. The van der Waals surface area contributed by atoms with E-state index < -0.39 is 0 Å². The Kier molecular flexibility index (Phi) is 4.90. The summed E-state index contributed by atoms with van der Waals surface area (Å²) in [5.41, 5.74) is 2.00. The van der Waals surface area contributed by atoms with Crippen LogP contribution in [0.25, 0.3) is 0 Å². The Labute approximate surface area is 143 Å². The highest BCUT2D eigenvalue weighted by molar-refractivity contribution is 5.86. The van der Waals surface area contributed by atoms with Gasteiger partial charge in [-0.15, -0.1) is 0 Å². The first-order valence-electron chi connectivity index (χ1n) is 8.66. The Bertz CT molecular complexity index is 631.